The topological polar surface area (TPSA) is 97.1 Å². The number of carboxylic acids is 1. The molecule has 0 spiro atoms. The van der Waals surface area contributed by atoms with Gasteiger partial charge in [0.25, 0.3) is 0 Å². The van der Waals surface area contributed by atoms with Crippen molar-refractivity contribution in [1.82, 2.24) is 20.3 Å². The minimum atomic E-state index is -1.14. The smallest absolute Gasteiger partial charge is 0.358 e. The molecule has 1 aliphatic carbocycles. The maximum absolute atomic E-state index is 12.0. The number of aromatic carboxylic acids is 1. The summed E-state index contributed by atoms with van der Waals surface area (Å²) in [6.07, 6.45) is 9.51. The van der Waals surface area contributed by atoms with Crippen molar-refractivity contribution >= 4 is 11.9 Å². The van der Waals surface area contributed by atoms with Gasteiger partial charge in [0.1, 0.15) is 6.54 Å². The summed E-state index contributed by atoms with van der Waals surface area (Å²) in [5.41, 5.74) is -0.149. The van der Waals surface area contributed by atoms with Gasteiger partial charge in [0, 0.05) is 6.04 Å². The second kappa shape index (κ2) is 7.91. The van der Waals surface area contributed by atoms with Crippen LogP contribution in [0.3, 0.4) is 0 Å². The van der Waals surface area contributed by atoms with Crippen molar-refractivity contribution in [3.63, 3.8) is 0 Å². The van der Waals surface area contributed by atoms with Gasteiger partial charge in [0.05, 0.1) is 6.20 Å². The van der Waals surface area contributed by atoms with Crippen LogP contribution in [0.4, 0.5) is 0 Å². The fraction of sp³-hybridized carbons (Fsp3) is 0.733. The molecule has 1 saturated carbocycles. The first-order valence-electron chi connectivity index (χ1n) is 8.01. The molecule has 1 fully saturated rings. The molecule has 7 heteroatoms. The monoisotopic (exact) mass is 308 g/mol. The summed E-state index contributed by atoms with van der Waals surface area (Å²) in [5.74, 6) is -0.475. The van der Waals surface area contributed by atoms with Crippen molar-refractivity contribution < 1.29 is 14.7 Å². The number of carboxylic acid groups (broad SMARTS) is 1. The van der Waals surface area contributed by atoms with E-state index < -0.39 is 5.97 Å². The third-order valence-electron chi connectivity index (χ3n) is 4.24. The number of carbonyl (C=O) groups excluding carboxylic acids is 1. The van der Waals surface area contributed by atoms with E-state index in [0.29, 0.717) is 0 Å². The molecular weight excluding hydrogens is 284 g/mol. The van der Waals surface area contributed by atoms with Crippen molar-refractivity contribution in [3.05, 3.63) is 11.9 Å². The second-order valence-electron chi connectivity index (χ2n) is 6.03. The highest BCUT2D eigenvalue weighted by atomic mass is 16.4. The number of nitrogens with one attached hydrogen (secondary N) is 1. The van der Waals surface area contributed by atoms with Crippen molar-refractivity contribution in [1.29, 1.82) is 0 Å². The minimum absolute atomic E-state index is 0.00996. The summed E-state index contributed by atoms with van der Waals surface area (Å²) >= 11 is 0. The van der Waals surface area contributed by atoms with Crippen molar-refractivity contribution in [2.75, 3.05) is 0 Å². The Labute approximate surface area is 130 Å². The van der Waals surface area contributed by atoms with Gasteiger partial charge in [-0.2, -0.15) is 0 Å². The van der Waals surface area contributed by atoms with Crippen LogP contribution in [-0.4, -0.2) is 38.0 Å². The van der Waals surface area contributed by atoms with Crippen molar-refractivity contribution in [2.45, 2.75) is 64.5 Å². The molecule has 0 bridgehead atoms. The summed E-state index contributed by atoms with van der Waals surface area (Å²) < 4.78 is 1.26. The summed E-state index contributed by atoms with van der Waals surface area (Å²) in [4.78, 5) is 22.7. The SMILES string of the molecule is CCCCC1CCC(NC(=O)Cn2cc(C(=O)O)nn2)CC1. The maximum Gasteiger partial charge on any atom is 0.358 e. The Hall–Kier alpha value is -1.92. The lowest BCUT2D eigenvalue weighted by molar-refractivity contribution is -0.122. The van der Waals surface area contributed by atoms with E-state index in [2.05, 4.69) is 22.6 Å². The number of rotatable bonds is 7. The van der Waals surface area contributed by atoms with Gasteiger partial charge in [-0.15, -0.1) is 5.10 Å². The fourth-order valence-electron chi connectivity index (χ4n) is 2.98. The number of nitrogens with zero attached hydrogens (tertiary/aromatic N) is 3. The van der Waals surface area contributed by atoms with E-state index in [9.17, 15) is 9.59 Å². The van der Waals surface area contributed by atoms with Crippen molar-refractivity contribution in [3.8, 4) is 0 Å². The Balaban J connectivity index is 1.72. The quantitative estimate of drug-likeness (QED) is 0.801. The zero-order chi connectivity index (χ0) is 15.9. The number of amides is 1. The molecule has 0 aromatic carbocycles. The molecule has 2 rings (SSSR count). The van der Waals surface area contributed by atoms with E-state index >= 15 is 0 Å². The minimum Gasteiger partial charge on any atom is -0.476 e. The molecule has 2 N–H and O–H groups in total. The molecule has 1 amide bonds. The molecule has 0 atom stereocenters. The van der Waals surface area contributed by atoms with Crippen LogP contribution in [0.1, 0.15) is 62.4 Å². The zero-order valence-electron chi connectivity index (χ0n) is 13.0. The molecule has 1 aromatic rings. The van der Waals surface area contributed by atoms with E-state index in [1.54, 1.807) is 0 Å². The number of unbranched alkanes of at least 4 members (excludes halogenated alkanes) is 1. The molecule has 0 saturated heterocycles. The van der Waals surface area contributed by atoms with Gasteiger partial charge in [-0.1, -0.05) is 31.4 Å². The summed E-state index contributed by atoms with van der Waals surface area (Å²) in [6, 6.07) is 0.229. The van der Waals surface area contributed by atoms with E-state index in [-0.39, 0.29) is 24.2 Å². The summed E-state index contributed by atoms with van der Waals surface area (Å²) in [7, 11) is 0. The molecule has 22 heavy (non-hydrogen) atoms. The number of hydrogen-bond acceptors (Lipinski definition) is 4. The van der Waals surface area contributed by atoms with E-state index in [0.717, 1.165) is 18.8 Å². The number of aromatic nitrogens is 3. The first-order valence-corrected chi connectivity index (χ1v) is 8.01. The van der Waals surface area contributed by atoms with Crippen LogP contribution >= 0.6 is 0 Å². The van der Waals surface area contributed by atoms with Crippen molar-refractivity contribution in [2.24, 2.45) is 5.92 Å². The molecule has 1 aliphatic rings. The van der Waals surface area contributed by atoms with Crippen LogP contribution in [0, 0.1) is 5.92 Å². The molecule has 122 valence electrons. The first kappa shape index (κ1) is 16.5. The molecule has 7 nitrogen and oxygen atoms in total. The van der Waals surface area contributed by atoms with Gasteiger partial charge in [-0.05, 0) is 31.6 Å². The largest absolute Gasteiger partial charge is 0.476 e. The lowest BCUT2D eigenvalue weighted by Gasteiger charge is -2.29. The Kier molecular flexibility index (Phi) is 5.91. The fourth-order valence-corrected chi connectivity index (χ4v) is 2.98. The Morgan fingerprint density at radius 2 is 2.09 bits per heavy atom. The third kappa shape index (κ3) is 4.82. The van der Waals surface area contributed by atoms with Crippen LogP contribution < -0.4 is 5.32 Å². The molecule has 1 aromatic heterocycles. The molecule has 1 heterocycles. The van der Waals surface area contributed by atoms with E-state index in [1.807, 2.05) is 0 Å². The predicted molar refractivity (Wildman–Crippen MR) is 80.4 cm³/mol. The summed E-state index contributed by atoms with van der Waals surface area (Å²) in [5, 5.41) is 18.9. The highest BCUT2D eigenvalue weighted by Crippen LogP contribution is 2.28. The van der Waals surface area contributed by atoms with Crippen LogP contribution in [0.5, 0.6) is 0 Å². The molecule has 0 unspecified atom stereocenters. The Bertz CT molecular complexity index is 507. The third-order valence-corrected chi connectivity index (χ3v) is 4.24. The number of hydrogen-bond donors (Lipinski definition) is 2. The Morgan fingerprint density at radius 1 is 1.36 bits per heavy atom. The Morgan fingerprint density at radius 3 is 2.68 bits per heavy atom. The zero-order valence-corrected chi connectivity index (χ0v) is 13.0. The van der Waals surface area contributed by atoms with Gasteiger partial charge < -0.3 is 10.4 Å². The standard InChI is InChI=1S/C15H24N4O3/c1-2-3-4-11-5-7-12(8-6-11)16-14(20)10-19-9-13(15(21)22)17-18-19/h9,11-12H,2-8,10H2,1H3,(H,16,20)(H,21,22). The molecule has 0 aliphatic heterocycles. The van der Waals surface area contributed by atoms with Crippen LogP contribution in [0.15, 0.2) is 6.20 Å². The van der Waals surface area contributed by atoms with Gasteiger partial charge in [-0.25, -0.2) is 9.48 Å². The van der Waals surface area contributed by atoms with Gasteiger partial charge in [-0.3, -0.25) is 4.79 Å². The highest BCUT2D eigenvalue weighted by molar-refractivity contribution is 5.84. The lowest BCUT2D eigenvalue weighted by Crippen LogP contribution is -2.39. The highest BCUT2D eigenvalue weighted by Gasteiger charge is 2.22. The van der Waals surface area contributed by atoms with Gasteiger partial charge in [0.2, 0.25) is 5.91 Å². The second-order valence-corrected chi connectivity index (χ2v) is 6.03. The van der Waals surface area contributed by atoms with Crippen LogP contribution in [0.25, 0.3) is 0 Å². The van der Waals surface area contributed by atoms with E-state index in [4.69, 9.17) is 5.11 Å². The molecular formula is C15H24N4O3. The van der Waals surface area contributed by atoms with Crippen LogP contribution in [-0.2, 0) is 11.3 Å². The van der Waals surface area contributed by atoms with Gasteiger partial charge >= 0.3 is 5.97 Å². The predicted octanol–water partition coefficient (Wildman–Crippen LogP) is 1.84. The first-order chi connectivity index (χ1) is 10.6. The average Bonchev–Trinajstić information content (AvgIpc) is 2.95. The molecule has 0 radical (unpaired) electrons. The van der Waals surface area contributed by atoms with Gasteiger partial charge in [0.15, 0.2) is 5.69 Å². The van der Waals surface area contributed by atoms with E-state index in [1.165, 1.54) is 43.0 Å². The maximum atomic E-state index is 12.0. The average molecular weight is 308 g/mol. The lowest BCUT2D eigenvalue weighted by atomic mass is 9.83. The number of carbonyl (C=O) groups is 2. The summed E-state index contributed by atoms with van der Waals surface area (Å²) in [6.45, 7) is 2.22. The normalized spacial score (nSPS) is 21.5. The van der Waals surface area contributed by atoms with Crippen LogP contribution in [0.2, 0.25) is 0 Å².